The maximum Gasteiger partial charge on any atom is 0.254 e. The summed E-state index contributed by atoms with van der Waals surface area (Å²) in [7, 11) is 0. The van der Waals surface area contributed by atoms with Crippen LogP contribution in [0, 0.1) is 0 Å². The fourth-order valence-electron chi connectivity index (χ4n) is 2.07. The van der Waals surface area contributed by atoms with Crippen LogP contribution in [0.5, 0.6) is 0 Å². The average molecular weight is 298 g/mol. The van der Waals surface area contributed by atoms with Gasteiger partial charge in [-0.25, -0.2) is 0 Å². The van der Waals surface area contributed by atoms with Crippen molar-refractivity contribution in [1.82, 2.24) is 9.88 Å². The number of furan rings is 1. The average Bonchev–Trinajstić information content (AvgIpc) is 3.20. The number of thiophene rings is 1. The van der Waals surface area contributed by atoms with E-state index in [1.807, 2.05) is 23.6 Å². The molecule has 21 heavy (non-hydrogen) atoms. The topological polar surface area (TPSA) is 46.3 Å². The van der Waals surface area contributed by atoms with Gasteiger partial charge in [0.05, 0.1) is 12.8 Å². The van der Waals surface area contributed by atoms with Gasteiger partial charge in [0.25, 0.3) is 5.91 Å². The molecule has 106 valence electrons. The van der Waals surface area contributed by atoms with Crippen LogP contribution in [0.3, 0.4) is 0 Å². The third kappa shape index (κ3) is 3.38. The normalized spacial score (nSPS) is 10.5. The Balaban J connectivity index is 1.82. The smallest absolute Gasteiger partial charge is 0.254 e. The van der Waals surface area contributed by atoms with E-state index in [9.17, 15) is 4.79 Å². The number of amides is 1. The lowest BCUT2D eigenvalue weighted by atomic mass is 10.2. The van der Waals surface area contributed by atoms with Crippen LogP contribution in [-0.2, 0) is 13.1 Å². The summed E-state index contributed by atoms with van der Waals surface area (Å²) < 4.78 is 5.37. The fourth-order valence-corrected chi connectivity index (χ4v) is 2.73. The number of aromatic nitrogens is 1. The molecule has 0 spiro atoms. The minimum absolute atomic E-state index is 0.0278. The highest BCUT2D eigenvalue weighted by Crippen LogP contribution is 2.16. The van der Waals surface area contributed by atoms with Gasteiger partial charge in [0.2, 0.25) is 0 Å². The molecule has 3 aromatic heterocycles. The molecule has 0 N–H and O–H groups in total. The van der Waals surface area contributed by atoms with E-state index in [1.165, 1.54) is 0 Å². The van der Waals surface area contributed by atoms with E-state index >= 15 is 0 Å². The first-order valence-corrected chi connectivity index (χ1v) is 7.50. The molecule has 1 amide bonds. The number of rotatable bonds is 5. The van der Waals surface area contributed by atoms with Crippen LogP contribution >= 0.6 is 11.3 Å². The predicted octanol–water partition coefficient (Wildman–Crippen LogP) is 3.58. The molecule has 0 fully saturated rings. The van der Waals surface area contributed by atoms with Gasteiger partial charge in [0.1, 0.15) is 5.76 Å². The third-order valence-electron chi connectivity index (χ3n) is 3.09. The zero-order valence-electron chi connectivity index (χ0n) is 11.3. The van der Waals surface area contributed by atoms with Crippen LogP contribution in [0.25, 0.3) is 0 Å². The number of pyridine rings is 1. The lowest BCUT2D eigenvalue weighted by Gasteiger charge is -2.21. The van der Waals surface area contributed by atoms with Gasteiger partial charge < -0.3 is 9.32 Å². The molecular weight excluding hydrogens is 284 g/mol. The summed E-state index contributed by atoms with van der Waals surface area (Å²) in [5, 5.41) is 4.06. The van der Waals surface area contributed by atoms with Gasteiger partial charge in [0, 0.05) is 24.5 Å². The highest BCUT2D eigenvalue weighted by Gasteiger charge is 2.17. The van der Waals surface area contributed by atoms with Gasteiger partial charge in [-0.2, -0.15) is 11.3 Å². The number of carbonyl (C=O) groups excluding carboxylic acids is 1. The fraction of sp³-hybridized carbons (Fsp3) is 0.125. The number of hydrogen-bond donors (Lipinski definition) is 0. The van der Waals surface area contributed by atoms with Crippen molar-refractivity contribution in [1.29, 1.82) is 0 Å². The predicted molar refractivity (Wildman–Crippen MR) is 80.8 cm³/mol. The molecule has 3 heterocycles. The Hall–Kier alpha value is -2.40. The highest BCUT2D eigenvalue weighted by molar-refractivity contribution is 7.07. The van der Waals surface area contributed by atoms with E-state index in [0.717, 1.165) is 11.3 Å². The van der Waals surface area contributed by atoms with Gasteiger partial charge in [-0.15, -0.1) is 0 Å². The van der Waals surface area contributed by atoms with Crippen molar-refractivity contribution in [2.45, 2.75) is 13.1 Å². The molecule has 3 aromatic rings. The van der Waals surface area contributed by atoms with Crippen molar-refractivity contribution in [3.8, 4) is 0 Å². The van der Waals surface area contributed by atoms with Crippen LogP contribution in [0.1, 0.15) is 21.7 Å². The molecule has 4 nitrogen and oxygen atoms in total. The Morgan fingerprint density at radius 2 is 2.05 bits per heavy atom. The molecule has 5 heteroatoms. The van der Waals surface area contributed by atoms with Crippen molar-refractivity contribution in [2.75, 3.05) is 0 Å². The molecule has 0 aliphatic rings. The second-order valence-corrected chi connectivity index (χ2v) is 5.39. The van der Waals surface area contributed by atoms with Crippen molar-refractivity contribution >= 4 is 17.2 Å². The van der Waals surface area contributed by atoms with Crippen LogP contribution in [0.2, 0.25) is 0 Å². The summed E-state index contributed by atoms with van der Waals surface area (Å²) in [5.74, 6) is 0.743. The van der Waals surface area contributed by atoms with E-state index in [2.05, 4.69) is 10.4 Å². The molecule has 0 aliphatic heterocycles. The van der Waals surface area contributed by atoms with Gasteiger partial charge in [-0.3, -0.25) is 9.78 Å². The maximum absolute atomic E-state index is 12.7. The Kier molecular flexibility index (Phi) is 4.12. The number of carbonyl (C=O) groups is 1. The first kappa shape index (κ1) is 13.6. The highest BCUT2D eigenvalue weighted by atomic mass is 32.1. The summed E-state index contributed by atoms with van der Waals surface area (Å²) in [5.41, 5.74) is 1.75. The van der Waals surface area contributed by atoms with Crippen molar-refractivity contribution in [3.05, 3.63) is 76.6 Å². The van der Waals surface area contributed by atoms with E-state index in [1.54, 1.807) is 47.0 Å². The van der Waals surface area contributed by atoms with Gasteiger partial charge in [-0.1, -0.05) is 0 Å². The Bertz CT molecular complexity index is 642. The summed E-state index contributed by atoms with van der Waals surface area (Å²) >= 11 is 1.63. The van der Waals surface area contributed by atoms with E-state index in [0.29, 0.717) is 18.7 Å². The number of hydrogen-bond acceptors (Lipinski definition) is 4. The lowest BCUT2D eigenvalue weighted by Crippen LogP contribution is -2.29. The molecule has 0 aromatic carbocycles. The van der Waals surface area contributed by atoms with Crippen LogP contribution in [0.4, 0.5) is 0 Å². The quantitative estimate of drug-likeness (QED) is 0.723. The number of nitrogens with zero attached hydrogens (tertiary/aromatic N) is 2. The minimum atomic E-state index is -0.0278. The summed E-state index contributed by atoms with van der Waals surface area (Å²) in [6, 6.07) is 9.19. The first-order valence-electron chi connectivity index (χ1n) is 6.55. The van der Waals surface area contributed by atoms with Crippen molar-refractivity contribution in [3.63, 3.8) is 0 Å². The Labute approximate surface area is 126 Å². The Morgan fingerprint density at radius 3 is 2.71 bits per heavy atom. The molecule has 0 atom stereocenters. The second kappa shape index (κ2) is 6.37. The summed E-state index contributed by atoms with van der Waals surface area (Å²) in [6.45, 7) is 1.01. The molecular formula is C16H14N2O2S. The standard InChI is InChI=1S/C16H14N2O2S/c19-16(14-3-6-17-7-4-14)18(10-13-5-9-21-12-13)11-15-2-1-8-20-15/h1-9,12H,10-11H2. The minimum Gasteiger partial charge on any atom is -0.467 e. The van der Waals surface area contributed by atoms with E-state index in [-0.39, 0.29) is 5.91 Å². The molecule has 0 saturated heterocycles. The van der Waals surface area contributed by atoms with Gasteiger partial charge in [0.15, 0.2) is 0 Å². The lowest BCUT2D eigenvalue weighted by molar-refractivity contribution is 0.0718. The zero-order valence-corrected chi connectivity index (χ0v) is 12.1. The summed E-state index contributed by atoms with van der Waals surface area (Å²) in [6.07, 6.45) is 4.88. The van der Waals surface area contributed by atoms with E-state index < -0.39 is 0 Å². The van der Waals surface area contributed by atoms with Crippen molar-refractivity contribution < 1.29 is 9.21 Å². The van der Waals surface area contributed by atoms with Crippen LogP contribution in [0.15, 0.2) is 64.2 Å². The van der Waals surface area contributed by atoms with Crippen LogP contribution in [-0.4, -0.2) is 15.8 Å². The van der Waals surface area contributed by atoms with E-state index in [4.69, 9.17) is 4.42 Å². The largest absolute Gasteiger partial charge is 0.467 e. The second-order valence-electron chi connectivity index (χ2n) is 4.61. The Morgan fingerprint density at radius 1 is 1.19 bits per heavy atom. The molecule has 3 rings (SSSR count). The van der Waals surface area contributed by atoms with Crippen molar-refractivity contribution in [2.24, 2.45) is 0 Å². The SMILES string of the molecule is O=C(c1ccncc1)N(Cc1ccsc1)Cc1ccco1. The third-order valence-corrected chi connectivity index (χ3v) is 3.83. The first-order chi connectivity index (χ1) is 10.3. The molecule has 0 aliphatic carbocycles. The van der Waals surface area contributed by atoms with Crippen LogP contribution < -0.4 is 0 Å². The molecule has 0 radical (unpaired) electrons. The molecule has 0 unspecified atom stereocenters. The monoisotopic (exact) mass is 298 g/mol. The summed E-state index contributed by atoms with van der Waals surface area (Å²) in [4.78, 5) is 18.4. The zero-order chi connectivity index (χ0) is 14.5. The molecule has 0 saturated carbocycles. The van der Waals surface area contributed by atoms with Gasteiger partial charge >= 0.3 is 0 Å². The van der Waals surface area contributed by atoms with Gasteiger partial charge in [-0.05, 0) is 46.7 Å². The maximum atomic E-state index is 12.7. The molecule has 0 bridgehead atoms.